The average molecular weight is 557 g/mol. The molecule has 0 aromatic rings. The van der Waals surface area contributed by atoms with Crippen LogP contribution in [-0.2, 0) is 14.3 Å². The zero-order chi connectivity index (χ0) is 27.9. The largest absolute Gasteiger partial charge is 0.394 e. The summed E-state index contributed by atoms with van der Waals surface area (Å²) in [6.07, 6.45) is 20.8. The maximum absolute atomic E-state index is 11.7. The number of hydrogen-bond donors (Lipinski definition) is 4. The van der Waals surface area contributed by atoms with Gasteiger partial charge < -0.3 is 25.0 Å². The van der Waals surface area contributed by atoms with Crippen molar-refractivity contribution in [3.63, 3.8) is 0 Å². The minimum Gasteiger partial charge on any atom is -0.394 e. The van der Waals surface area contributed by atoms with Gasteiger partial charge in [-0.25, -0.2) is 0 Å². The van der Waals surface area contributed by atoms with E-state index in [0.717, 1.165) is 45.1 Å². The highest BCUT2D eigenvalue weighted by molar-refractivity contribution is 7.36. The van der Waals surface area contributed by atoms with Gasteiger partial charge in [0.2, 0.25) is 5.91 Å². The van der Waals surface area contributed by atoms with E-state index in [1.54, 1.807) is 0 Å². The number of carbonyl (C=O) groups excluding carboxylic acids is 1. The van der Waals surface area contributed by atoms with Crippen molar-refractivity contribution in [1.29, 1.82) is 0 Å². The molecule has 4 N–H and O–H groups in total. The normalized spacial score (nSPS) is 12.5. The zero-order valence-corrected chi connectivity index (χ0v) is 25.2. The number of carbonyl (C=O) groups is 1. The monoisotopic (exact) mass is 556 g/mol. The predicted molar refractivity (Wildman–Crippen MR) is 162 cm³/mol. The molecular formula is C30H57N2O5P. The summed E-state index contributed by atoms with van der Waals surface area (Å²) in [6.45, 7) is 7.82. The maximum atomic E-state index is 11.7. The molecule has 0 aliphatic rings. The van der Waals surface area contributed by atoms with Gasteiger partial charge in [0.05, 0.1) is 39.6 Å². The molecule has 222 valence electrons. The van der Waals surface area contributed by atoms with Crippen LogP contribution in [0.5, 0.6) is 0 Å². The number of aliphatic hydroxyl groups excluding tert-OH is 2. The van der Waals surface area contributed by atoms with Crippen LogP contribution in [-0.4, -0.2) is 74.6 Å². The van der Waals surface area contributed by atoms with Crippen LogP contribution in [0.4, 0.5) is 0 Å². The van der Waals surface area contributed by atoms with Crippen LogP contribution in [0.2, 0.25) is 0 Å². The Bertz CT molecular complexity index is 626. The van der Waals surface area contributed by atoms with E-state index in [0.29, 0.717) is 39.4 Å². The lowest BCUT2D eigenvalue weighted by Gasteiger charge is -2.06. The number of nitrogens with one attached hydrogen (secondary N) is 2. The first-order chi connectivity index (χ1) is 18.6. The highest BCUT2D eigenvalue weighted by atomic mass is 31.1. The lowest BCUT2D eigenvalue weighted by molar-refractivity contribution is -0.121. The SMILES string of the molecule is C/C(=C\CC/C=C(\C)CCCCCCC(=O)NCCOCCO)CCCCCCC=PNCCOCCO. The van der Waals surface area contributed by atoms with Gasteiger partial charge in [-0.3, -0.25) is 9.88 Å². The molecule has 0 unspecified atom stereocenters. The fourth-order valence-electron chi connectivity index (χ4n) is 3.90. The number of hydrogen-bond acceptors (Lipinski definition) is 6. The van der Waals surface area contributed by atoms with E-state index in [1.165, 1.54) is 64.4 Å². The van der Waals surface area contributed by atoms with Crippen LogP contribution >= 0.6 is 8.35 Å². The van der Waals surface area contributed by atoms with Gasteiger partial charge in [-0.15, -0.1) is 0 Å². The lowest BCUT2D eigenvalue weighted by Crippen LogP contribution is -2.27. The molecule has 0 aromatic carbocycles. The smallest absolute Gasteiger partial charge is 0.220 e. The first kappa shape index (κ1) is 36.9. The zero-order valence-electron chi connectivity index (χ0n) is 24.4. The highest BCUT2D eigenvalue weighted by Crippen LogP contribution is 2.14. The Kier molecular flexibility index (Phi) is 29.6. The van der Waals surface area contributed by atoms with Gasteiger partial charge in [0.25, 0.3) is 0 Å². The second-order valence-electron chi connectivity index (χ2n) is 9.79. The van der Waals surface area contributed by atoms with E-state index in [-0.39, 0.29) is 19.1 Å². The van der Waals surface area contributed by atoms with Crippen LogP contribution in [0.3, 0.4) is 0 Å². The standard InChI is InChI=1S/C30H57N2O5P/c1-28(14-8-4-3-7-13-27-38-32-20-24-37-26-22-34)16-11-12-17-29(2)15-9-5-6-10-18-30(35)31-19-23-36-25-21-33/h16-17,27,32-34H,3-15,18-26H2,1-2H3,(H,31,35)/b28-16+,29-17+. The number of rotatable bonds is 28. The molecule has 0 bridgehead atoms. The van der Waals surface area contributed by atoms with Gasteiger partial charge >= 0.3 is 0 Å². The topological polar surface area (TPSA) is 100 Å². The number of ether oxygens (including phenoxy) is 2. The van der Waals surface area contributed by atoms with Crippen molar-refractivity contribution in [3.8, 4) is 0 Å². The van der Waals surface area contributed by atoms with E-state index in [9.17, 15) is 4.79 Å². The Labute approximate surface area is 234 Å². The van der Waals surface area contributed by atoms with Crippen molar-refractivity contribution in [3.05, 3.63) is 23.3 Å². The number of amides is 1. The van der Waals surface area contributed by atoms with E-state index in [2.05, 4.69) is 42.2 Å². The number of unbranched alkanes of at least 4 members (excludes halogenated alkanes) is 8. The molecule has 0 heterocycles. The quantitative estimate of drug-likeness (QED) is 0.0558. The Hall–Kier alpha value is -1.08. The fourth-order valence-corrected chi connectivity index (χ4v) is 4.56. The third kappa shape index (κ3) is 29.5. The summed E-state index contributed by atoms with van der Waals surface area (Å²) < 4.78 is 10.3. The maximum Gasteiger partial charge on any atom is 0.220 e. The van der Waals surface area contributed by atoms with E-state index >= 15 is 0 Å². The first-order valence-corrected chi connectivity index (χ1v) is 15.8. The summed E-state index contributed by atoms with van der Waals surface area (Å²) >= 11 is 0. The summed E-state index contributed by atoms with van der Waals surface area (Å²) in [5.74, 6) is 2.38. The molecule has 38 heavy (non-hydrogen) atoms. The van der Waals surface area contributed by atoms with Gasteiger partial charge in [0, 0.05) is 19.5 Å². The molecule has 0 atom stereocenters. The molecule has 8 heteroatoms. The third-order valence-electron chi connectivity index (χ3n) is 6.11. The van der Waals surface area contributed by atoms with Gasteiger partial charge in [-0.1, -0.05) is 49.0 Å². The summed E-state index contributed by atoms with van der Waals surface area (Å²) in [5, 5.41) is 23.4. The molecule has 0 spiro atoms. The molecule has 1 amide bonds. The molecule has 0 aromatic heterocycles. The summed E-state index contributed by atoms with van der Waals surface area (Å²) in [4.78, 5) is 11.7. The van der Waals surface area contributed by atoms with Crippen molar-refractivity contribution in [2.24, 2.45) is 0 Å². The van der Waals surface area contributed by atoms with Crippen molar-refractivity contribution in [2.45, 2.75) is 104 Å². The van der Waals surface area contributed by atoms with Crippen LogP contribution in [0.15, 0.2) is 23.3 Å². The molecule has 0 saturated carbocycles. The lowest BCUT2D eigenvalue weighted by atomic mass is 10.0. The predicted octanol–water partition coefficient (Wildman–Crippen LogP) is 5.73. The van der Waals surface area contributed by atoms with Crippen molar-refractivity contribution in [1.82, 2.24) is 10.4 Å². The van der Waals surface area contributed by atoms with Gasteiger partial charge in [0.1, 0.15) is 0 Å². The Balaban J connectivity index is 3.55. The highest BCUT2D eigenvalue weighted by Gasteiger charge is 2.01. The van der Waals surface area contributed by atoms with Crippen LogP contribution in [0.25, 0.3) is 0 Å². The van der Waals surface area contributed by atoms with Gasteiger partial charge in [0.15, 0.2) is 0 Å². The average Bonchev–Trinajstić information content (AvgIpc) is 2.91. The third-order valence-corrected chi connectivity index (χ3v) is 6.96. The summed E-state index contributed by atoms with van der Waals surface area (Å²) in [5.41, 5.74) is 3.01. The molecule has 7 nitrogen and oxygen atoms in total. The van der Waals surface area contributed by atoms with E-state index in [4.69, 9.17) is 19.7 Å². The van der Waals surface area contributed by atoms with Crippen LogP contribution < -0.4 is 10.4 Å². The Morgan fingerprint density at radius 1 is 0.684 bits per heavy atom. The number of allylic oxidation sites excluding steroid dienone is 4. The molecule has 0 aliphatic carbocycles. The van der Waals surface area contributed by atoms with Crippen LogP contribution in [0, 0.1) is 0 Å². The molecule has 0 saturated heterocycles. The van der Waals surface area contributed by atoms with Crippen molar-refractivity contribution >= 4 is 20.1 Å². The van der Waals surface area contributed by atoms with Gasteiger partial charge in [-0.05, 0) is 85.8 Å². The summed E-state index contributed by atoms with van der Waals surface area (Å²) in [6, 6.07) is 0. The molecule has 0 rings (SSSR count). The van der Waals surface area contributed by atoms with Gasteiger partial charge in [-0.2, -0.15) is 0 Å². The number of aliphatic hydroxyl groups is 2. The second kappa shape index (κ2) is 30.5. The van der Waals surface area contributed by atoms with Crippen molar-refractivity contribution in [2.75, 3.05) is 52.7 Å². The molecule has 0 aliphatic heterocycles. The van der Waals surface area contributed by atoms with E-state index < -0.39 is 0 Å². The van der Waals surface area contributed by atoms with E-state index in [1.807, 2.05) is 0 Å². The second-order valence-corrected chi connectivity index (χ2v) is 10.7. The Morgan fingerprint density at radius 3 is 1.79 bits per heavy atom. The molecule has 0 fully saturated rings. The minimum absolute atomic E-state index is 0.0190. The fraction of sp³-hybridized carbons (Fsp3) is 0.800. The summed E-state index contributed by atoms with van der Waals surface area (Å²) in [7, 11) is 1.17. The first-order valence-electron chi connectivity index (χ1n) is 14.8. The van der Waals surface area contributed by atoms with Crippen molar-refractivity contribution < 1.29 is 24.5 Å². The minimum atomic E-state index is 0.0190. The Morgan fingerprint density at radius 2 is 1.21 bits per heavy atom. The van der Waals surface area contributed by atoms with Crippen LogP contribution in [0.1, 0.15) is 104 Å². The molecule has 0 radical (unpaired) electrons. The molecular weight excluding hydrogens is 499 g/mol.